The third kappa shape index (κ3) is 4.92. The Kier molecular flexibility index (Phi) is 6.99. The summed E-state index contributed by atoms with van der Waals surface area (Å²) in [6, 6.07) is 11.3. The van der Waals surface area contributed by atoms with Gasteiger partial charge >= 0.3 is 0 Å². The van der Waals surface area contributed by atoms with E-state index < -0.39 is 0 Å². The van der Waals surface area contributed by atoms with Gasteiger partial charge in [0.05, 0.1) is 12.5 Å². The molecule has 0 amide bonds. The van der Waals surface area contributed by atoms with Gasteiger partial charge in [-0.15, -0.1) is 0 Å². The Labute approximate surface area is 117 Å². The Hall–Kier alpha value is -1.53. The first kappa shape index (κ1) is 15.5. The molecule has 0 spiro atoms. The third-order valence-corrected chi connectivity index (χ3v) is 3.34. The molecule has 1 unspecified atom stereocenters. The summed E-state index contributed by atoms with van der Waals surface area (Å²) in [5.74, 6) is 0. The number of hydrogen-bond donors (Lipinski definition) is 1. The van der Waals surface area contributed by atoms with E-state index in [9.17, 15) is 0 Å². The zero-order valence-corrected chi connectivity index (χ0v) is 12.3. The summed E-state index contributed by atoms with van der Waals surface area (Å²) in [6.45, 7) is 6.23. The topological polar surface area (TPSA) is 39.1 Å². The third-order valence-electron chi connectivity index (χ3n) is 3.34. The number of rotatable bonds is 8. The molecule has 0 bridgehead atoms. The number of hydrogen-bond acceptors (Lipinski definition) is 3. The fourth-order valence-electron chi connectivity index (χ4n) is 2.12. The van der Waals surface area contributed by atoms with Gasteiger partial charge in [-0.3, -0.25) is 0 Å². The van der Waals surface area contributed by atoms with Crippen molar-refractivity contribution in [2.24, 2.45) is 0 Å². The lowest BCUT2D eigenvalue weighted by atomic mass is 10.0. The monoisotopic (exact) mass is 259 g/mol. The van der Waals surface area contributed by atoms with E-state index in [1.807, 2.05) is 7.05 Å². The quantitative estimate of drug-likeness (QED) is 0.776. The van der Waals surface area contributed by atoms with Crippen LogP contribution in [-0.4, -0.2) is 20.1 Å². The molecule has 3 nitrogen and oxygen atoms in total. The fraction of sp³-hybridized carbons (Fsp3) is 0.562. The first-order valence-corrected chi connectivity index (χ1v) is 7.14. The van der Waals surface area contributed by atoms with Crippen LogP contribution in [0.1, 0.15) is 44.7 Å². The van der Waals surface area contributed by atoms with Crippen LogP contribution in [0.5, 0.6) is 0 Å². The SMILES string of the molecule is CCCNC(CC)c1ccc(N(C)CCC#N)cc1. The molecule has 0 aliphatic carbocycles. The van der Waals surface area contributed by atoms with Crippen LogP contribution in [0.4, 0.5) is 5.69 Å². The van der Waals surface area contributed by atoms with E-state index in [2.05, 4.69) is 54.4 Å². The second-order valence-corrected chi connectivity index (χ2v) is 4.84. The van der Waals surface area contributed by atoms with Crippen molar-refractivity contribution in [3.05, 3.63) is 29.8 Å². The van der Waals surface area contributed by atoms with E-state index in [-0.39, 0.29) is 0 Å². The standard InChI is InChI=1S/C16H25N3/c1-4-12-18-16(5-2)14-7-9-15(10-8-14)19(3)13-6-11-17/h7-10,16,18H,4-6,12-13H2,1-3H3. The van der Waals surface area contributed by atoms with E-state index in [4.69, 9.17) is 5.26 Å². The normalized spacial score (nSPS) is 11.9. The molecule has 1 atom stereocenters. The molecule has 1 aromatic carbocycles. The molecule has 0 saturated carbocycles. The van der Waals surface area contributed by atoms with Crippen LogP contribution in [0.3, 0.4) is 0 Å². The molecule has 1 rings (SSSR count). The van der Waals surface area contributed by atoms with Gasteiger partial charge in [-0.1, -0.05) is 26.0 Å². The molecule has 0 aromatic heterocycles. The maximum Gasteiger partial charge on any atom is 0.0640 e. The van der Waals surface area contributed by atoms with Gasteiger partial charge in [0, 0.05) is 25.3 Å². The van der Waals surface area contributed by atoms with Gasteiger partial charge in [0.2, 0.25) is 0 Å². The Bertz CT molecular complexity index is 391. The Morgan fingerprint density at radius 2 is 1.95 bits per heavy atom. The lowest BCUT2D eigenvalue weighted by molar-refractivity contribution is 0.518. The summed E-state index contributed by atoms with van der Waals surface area (Å²) in [5, 5.41) is 12.2. The maximum atomic E-state index is 8.61. The fourth-order valence-corrected chi connectivity index (χ4v) is 2.12. The molecule has 0 aliphatic heterocycles. The van der Waals surface area contributed by atoms with Crippen molar-refractivity contribution in [3.63, 3.8) is 0 Å². The second kappa shape index (κ2) is 8.55. The van der Waals surface area contributed by atoms with Gasteiger partial charge in [-0.25, -0.2) is 0 Å². The van der Waals surface area contributed by atoms with Crippen LogP contribution in [0.25, 0.3) is 0 Å². The first-order chi connectivity index (χ1) is 9.22. The van der Waals surface area contributed by atoms with Crippen molar-refractivity contribution >= 4 is 5.69 Å². The minimum absolute atomic E-state index is 0.443. The molecule has 0 saturated heterocycles. The molecule has 0 heterocycles. The number of nitrogens with zero attached hydrogens (tertiary/aromatic N) is 2. The molecule has 3 heteroatoms. The molecule has 0 aliphatic rings. The maximum absolute atomic E-state index is 8.61. The summed E-state index contributed by atoms with van der Waals surface area (Å²) in [7, 11) is 2.03. The van der Waals surface area contributed by atoms with E-state index >= 15 is 0 Å². The van der Waals surface area contributed by atoms with Gasteiger partial charge in [0.1, 0.15) is 0 Å². The molecule has 1 N–H and O–H groups in total. The molecule has 0 fully saturated rings. The Morgan fingerprint density at radius 3 is 2.47 bits per heavy atom. The molecule has 1 aromatic rings. The second-order valence-electron chi connectivity index (χ2n) is 4.84. The summed E-state index contributed by atoms with van der Waals surface area (Å²) < 4.78 is 0. The number of anilines is 1. The summed E-state index contributed by atoms with van der Waals surface area (Å²) in [4.78, 5) is 2.12. The van der Waals surface area contributed by atoms with Gasteiger partial charge in [0.15, 0.2) is 0 Å². The van der Waals surface area contributed by atoms with Crippen LogP contribution >= 0.6 is 0 Å². The molecule has 0 radical (unpaired) electrons. The van der Waals surface area contributed by atoms with Crippen LogP contribution in [0, 0.1) is 11.3 Å². The zero-order valence-electron chi connectivity index (χ0n) is 12.3. The highest BCUT2D eigenvalue weighted by Gasteiger charge is 2.08. The van der Waals surface area contributed by atoms with Gasteiger partial charge in [-0.2, -0.15) is 5.26 Å². The Balaban J connectivity index is 2.66. The predicted octanol–water partition coefficient (Wildman–Crippen LogP) is 3.49. The largest absolute Gasteiger partial charge is 0.374 e. The molecule has 104 valence electrons. The van der Waals surface area contributed by atoms with Crippen molar-refractivity contribution < 1.29 is 0 Å². The van der Waals surface area contributed by atoms with Crippen LogP contribution in [-0.2, 0) is 0 Å². The minimum atomic E-state index is 0.443. The van der Waals surface area contributed by atoms with E-state index in [1.54, 1.807) is 0 Å². The van der Waals surface area contributed by atoms with Crippen molar-refractivity contribution in [2.75, 3.05) is 25.0 Å². The van der Waals surface area contributed by atoms with Gasteiger partial charge in [-0.05, 0) is 37.1 Å². The van der Waals surface area contributed by atoms with Crippen molar-refractivity contribution in [2.45, 2.75) is 39.2 Å². The molecular formula is C16H25N3. The average molecular weight is 259 g/mol. The predicted molar refractivity (Wildman–Crippen MR) is 81.3 cm³/mol. The highest BCUT2D eigenvalue weighted by Crippen LogP contribution is 2.20. The van der Waals surface area contributed by atoms with Crippen LogP contribution in [0.2, 0.25) is 0 Å². The van der Waals surface area contributed by atoms with E-state index in [0.717, 1.165) is 25.9 Å². The molecule has 19 heavy (non-hydrogen) atoms. The van der Waals surface area contributed by atoms with Crippen LogP contribution in [0.15, 0.2) is 24.3 Å². The summed E-state index contributed by atoms with van der Waals surface area (Å²) in [5.41, 5.74) is 2.51. The van der Waals surface area contributed by atoms with Crippen molar-refractivity contribution in [1.82, 2.24) is 5.32 Å². The van der Waals surface area contributed by atoms with Crippen LogP contribution < -0.4 is 10.2 Å². The van der Waals surface area contributed by atoms with E-state index in [0.29, 0.717) is 12.5 Å². The smallest absolute Gasteiger partial charge is 0.0640 e. The zero-order chi connectivity index (χ0) is 14.1. The van der Waals surface area contributed by atoms with E-state index in [1.165, 1.54) is 11.3 Å². The first-order valence-electron chi connectivity index (χ1n) is 7.14. The Morgan fingerprint density at radius 1 is 1.26 bits per heavy atom. The number of nitrogens with one attached hydrogen (secondary N) is 1. The highest BCUT2D eigenvalue weighted by molar-refractivity contribution is 5.47. The number of nitriles is 1. The lowest BCUT2D eigenvalue weighted by Gasteiger charge is -2.20. The summed E-state index contributed by atoms with van der Waals surface area (Å²) >= 11 is 0. The molecular weight excluding hydrogens is 234 g/mol. The average Bonchev–Trinajstić information content (AvgIpc) is 2.46. The van der Waals surface area contributed by atoms with Crippen molar-refractivity contribution in [1.29, 1.82) is 5.26 Å². The van der Waals surface area contributed by atoms with Crippen molar-refractivity contribution in [3.8, 4) is 6.07 Å². The lowest BCUT2D eigenvalue weighted by Crippen LogP contribution is -2.22. The highest BCUT2D eigenvalue weighted by atomic mass is 15.1. The number of benzene rings is 1. The summed E-state index contributed by atoms with van der Waals surface area (Å²) in [6.07, 6.45) is 2.82. The van der Waals surface area contributed by atoms with Gasteiger partial charge < -0.3 is 10.2 Å². The minimum Gasteiger partial charge on any atom is -0.374 e. The van der Waals surface area contributed by atoms with Gasteiger partial charge in [0.25, 0.3) is 0 Å².